The predicted octanol–water partition coefficient (Wildman–Crippen LogP) is -1.97. The third-order valence-corrected chi connectivity index (χ3v) is 3.41. The first-order chi connectivity index (χ1) is 10.2. The number of nitrogens with two attached hydrogens (primary N) is 1. The van der Waals surface area contributed by atoms with Crippen LogP contribution in [0.4, 0.5) is 0 Å². The zero-order valence-corrected chi connectivity index (χ0v) is 12.7. The summed E-state index contributed by atoms with van der Waals surface area (Å²) in [4.78, 5) is 47.4. The first-order valence-corrected chi connectivity index (χ1v) is 7.10. The highest BCUT2D eigenvalue weighted by Gasteiger charge is 2.36. The van der Waals surface area contributed by atoms with Gasteiger partial charge in [-0.3, -0.25) is 14.4 Å². The van der Waals surface area contributed by atoms with E-state index in [1.165, 1.54) is 18.7 Å². The van der Waals surface area contributed by atoms with Crippen molar-refractivity contribution in [3.63, 3.8) is 0 Å². The van der Waals surface area contributed by atoms with Gasteiger partial charge in [-0.1, -0.05) is 0 Å². The molecule has 0 bridgehead atoms. The minimum absolute atomic E-state index is 0.291. The summed E-state index contributed by atoms with van der Waals surface area (Å²) in [5, 5.41) is 13.8. The van der Waals surface area contributed by atoms with Crippen LogP contribution in [0.1, 0.15) is 26.7 Å². The predicted molar refractivity (Wildman–Crippen MR) is 76.6 cm³/mol. The Morgan fingerprint density at radius 3 is 2.50 bits per heavy atom. The summed E-state index contributed by atoms with van der Waals surface area (Å²) in [6.07, 6.45) is 1.03. The Labute approximate surface area is 128 Å². The molecule has 9 nitrogen and oxygen atoms in total. The molecule has 0 aliphatic carbocycles. The maximum absolute atomic E-state index is 12.2. The van der Waals surface area contributed by atoms with Gasteiger partial charge in [-0.25, -0.2) is 4.79 Å². The molecular formula is C13H22N4O5. The Hall–Kier alpha value is -2.16. The van der Waals surface area contributed by atoms with Gasteiger partial charge >= 0.3 is 5.97 Å². The van der Waals surface area contributed by atoms with Crippen LogP contribution in [0.25, 0.3) is 0 Å². The molecule has 3 unspecified atom stereocenters. The van der Waals surface area contributed by atoms with E-state index in [2.05, 4.69) is 10.6 Å². The molecule has 9 heteroatoms. The molecule has 1 heterocycles. The lowest BCUT2D eigenvalue weighted by Crippen LogP contribution is -2.52. The molecule has 0 spiro atoms. The Kier molecular flexibility index (Phi) is 6.29. The van der Waals surface area contributed by atoms with Crippen molar-refractivity contribution in [3.8, 4) is 0 Å². The van der Waals surface area contributed by atoms with Crippen LogP contribution in [0.2, 0.25) is 0 Å². The number of aliphatic carboxylic acids is 1. The van der Waals surface area contributed by atoms with Gasteiger partial charge in [-0.05, 0) is 26.7 Å². The van der Waals surface area contributed by atoms with Crippen molar-refractivity contribution < 1.29 is 24.3 Å². The van der Waals surface area contributed by atoms with E-state index < -0.39 is 41.8 Å². The van der Waals surface area contributed by atoms with Crippen molar-refractivity contribution in [2.75, 3.05) is 13.1 Å². The third-order valence-electron chi connectivity index (χ3n) is 3.41. The molecule has 5 N–H and O–H groups in total. The van der Waals surface area contributed by atoms with Gasteiger partial charge in [0.15, 0.2) is 0 Å². The molecular weight excluding hydrogens is 292 g/mol. The number of likely N-dealkylation sites (tertiary alicyclic amines) is 1. The first kappa shape index (κ1) is 17.9. The molecule has 124 valence electrons. The largest absolute Gasteiger partial charge is 0.480 e. The van der Waals surface area contributed by atoms with E-state index in [1.54, 1.807) is 0 Å². The summed E-state index contributed by atoms with van der Waals surface area (Å²) in [6.45, 7) is 3.03. The fourth-order valence-corrected chi connectivity index (χ4v) is 2.22. The number of hydrogen-bond acceptors (Lipinski definition) is 5. The molecule has 1 aliphatic heterocycles. The normalized spacial score (nSPS) is 20.1. The molecule has 1 fully saturated rings. The van der Waals surface area contributed by atoms with E-state index in [9.17, 15) is 19.2 Å². The van der Waals surface area contributed by atoms with Crippen LogP contribution in [0.15, 0.2) is 0 Å². The smallest absolute Gasteiger partial charge is 0.326 e. The quantitative estimate of drug-likeness (QED) is 0.448. The molecule has 3 amide bonds. The number of carboxylic acids is 1. The Bertz CT molecular complexity index is 465. The standard InChI is InChI=1S/C13H22N4O5/c1-7(14)11(19)15-6-10(18)16-8(2)12(20)17-5-3-4-9(17)13(21)22/h7-9H,3-6,14H2,1-2H3,(H,15,19)(H,16,18)(H,21,22). The first-order valence-electron chi connectivity index (χ1n) is 7.10. The summed E-state index contributed by atoms with van der Waals surface area (Å²) in [6, 6.07) is -2.43. The number of carbonyl (C=O) groups is 4. The van der Waals surface area contributed by atoms with Crippen LogP contribution < -0.4 is 16.4 Å². The Balaban J connectivity index is 2.48. The highest BCUT2D eigenvalue weighted by molar-refractivity contribution is 5.92. The van der Waals surface area contributed by atoms with Crippen LogP contribution in [-0.4, -0.2) is 64.9 Å². The second-order valence-corrected chi connectivity index (χ2v) is 5.32. The van der Waals surface area contributed by atoms with E-state index >= 15 is 0 Å². The van der Waals surface area contributed by atoms with Crippen molar-refractivity contribution in [2.24, 2.45) is 5.73 Å². The summed E-state index contributed by atoms with van der Waals surface area (Å²) in [5.74, 6) is -2.51. The van der Waals surface area contributed by atoms with Crippen molar-refractivity contribution in [2.45, 2.75) is 44.8 Å². The topological polar surface area (TPSA) is 142 Å². The van der Waals surface area contributed by atoms with E-state index in [0.717, 1.165) is 0 Å². The minimum Gasteiger partial charge on any atom is -0.480 e. The third kappa shape index (κ3) is 4.69. The molecule has 22 heavy (non-hydrogen) atoms. The maximum atomic E-state index is 12.2. The van der Waals surface area contributed by atoms with E-state index in [-0.39, 0.29) is 6.54 Å². The van der Waals surface area contributed by atoms with Crippen molar-refractivity contribution in [1.82, 2.24) is 15.5 Å². The second kappa shape index (κ2) is 7.74. The SMILES string of the molecule is CC(N)C(=O)NCC(=O)NC(C)C(=O)N1CCCC1C(=O)O. The zero-order chi connectivity index (χ0) is 16.9. The average molecular weight is 314 g/mol. The average Bonchev–Trinajstić information content (AvgIpc) is 2.93. The van der Waals surface area contributed by atoms with Gasteiger partial charge in [0.05, 0.1) is 12.6 Å². The number of amides is 3. The highest BCUT2D eigenvalue weighted by Crippen LogP contribution is 2.18. The number of carboxylic acid groups (broad SMARTS) is 1. The van der Waals surface area contributed by atoms with Crippen LogP contribution in [0.5, 0.6) is 0 Å². The van der Waals surface area contributed by atoms with Gasteiger partial charge in [0.25, 0.3) is 0 Å². The summed E-state index contributed by atoms with van der Waals surface area (Å²) < 4.78 is 0. The molecule has 1 saturated heterocycles. The van der Waals surface area contributed by atoms with Crippen LogP contribution in [0, 0.1) is 0 Å². The van der Waals surface area contributed by atoms with Crippen LogP contribution >= 0.6 is 0 Å². The molecule has 0 radical (unpaired) electrons. The van der Waals surface area contributed by atoms with Crippen LogP contribution in [0.3, 0.4) is 0 Å². The van der Waals surface area contributed by atoms with Gasteiger partial charge < -0.3 is 26.4 Å². The zero-order valence-electron chi connectivity index (χ0n) is 12.7. The minimum atomic E-state index is -1.05. The molecule has 0 aromatic rings. The molecule has 1 aliphatic rings. The lowest BCUT2D eigenvalue weighted by Gasteiger charge is -2.25. The molecule has 3 atom stereocenters. The van der Waals surface area contributed by atoms with Gasteiger partial charge in [-0.15, -0.1) is 0 Å². The Morgan fingerprint density at radius 1 is 1.32 bits per heavy atom. The summed E-state index contributed by atoms with van der Waals surface area (Å²) in [5.41, 5.74) is 5.34. The monoisotopic (exact) mass is 314 g/mol. The molecule has 0 aromatic heterocycles. The lowest BCUT2D eigenvalue weighted by molar-refractivity contribution is -0.149. The maximum Gasteiger partial charge on any atom is 0.326 e. The fraction of sp³-hybridized carbons (Fsp3) is 0.692. The molecule has 0 aromatic carbocycles. The van der Waals surface area contributed by atoms with Crippen molar-refractivity contribution in [3.05, 3.63) is 0 Å². The molecule has 1 rings (SSSR count). The van der Waals surface area contributed by atoms with E-state index in [0.29, 0.717) is 19.4 Å². The Morgan fingerprint density at radius 2 is 1.95 bits per heavy atom. The number of nitrogens with zero attached hydrogens (tertiary/aromatic N) is 1. The fourth-order valence-electron chi connectivity index (χ4n) is 2.22. The van der Waals surface area contributed by atoms with Crippen LogP contribution in [-0.2, 0) is 19.2 Å². The van der Waals surface area contributed by atoms with Crippen molar-refractivity contribution in [1.29, 1.82) is 0 Å². The van der Waals surface area contributed by atoms with Gasteiger partial charge in [0, 0.05) is 6.54 Å². The summed E-state index contributed by atoms with van der Waals surface area (Å²) in [7, 11) is 0. The second-order valence-electron chi connectivity index (χ2n) is 5.32. The number of hydrogen-bond donors (Lipinski definition) is 4. The van der Waals surface area contributed by atoms with Gasteiger partial charge in [-0.2, -0.15) is 0 Å². The number of carbonyl (C=O) groups excluding carboxylic acids is 3. The molecule has 0 saturated carbocycles. The number of rotatable bonds is 6. The van der Waals surface area contributed by atoms with Crippen molar-refractivity contribution >= 4 is 23.7 Å². The van der Waals surface area contributed by atoms with E-state index in [1.807, 2.05) is 0 Å². The van der Waals surface area contributed by atoms with Gasteiger partial charge in [0.2, 0.25) is 17.7 Å². The van der Waals surface area contributed by atoms with E-state index in [4.69, 9.17) is 10.8 Å². The van der Waals surface area contributed by atoms with Gasteiger partial charge in [0.1, 0.15) is 12.1 Å². The number of nitrogens with one attached hydrogen (secondary N) is 2. The summed E-state index contributed by atoms with van der Waals surface area (Å²) >= 11 is 0. The lowest BCUT2D eigenvalue weighted by atomic mass is 10.2. The highest BCUT2D eigenvalue weighted by atomic mass is 16.4.